The second kappa shape index (κ2) is 5.96. The number of nitrogens with zero attached hydrogens (tertiary/aromatic N) is 2. The number of ether oxygens (including phenoxy) is 2. The van der Waals surface area contributed by atoms with Gasteiger partial charge in [0.15, 0.2) is 11.5 Å². The molecule has 0 bridgehead atoms. The lowest BCUT2D eigenvalue weighted by Gasteiger charge is -2.07. The Morgan fingerprint density at radius 2 is 1.74 bits per heavy atom. The number of anilines is 1. The van der Waals surface area contributed by atoms with E-state index in [0.29, 0.717) is 13.3 Å². The van der Waals surface area contributed by atoms with Crippen molar-refractivity contribution in [2.24, 2.45) is 0 Å². The van der Waals surface area contributed by atoms with Crippen LogP contribution in [0.4, 0.5) is 5.82 Å². The second-order valence-corrected chi connectivity index (χ2v) is 5.21. The highest BCUT2D eigenvalue weighted by molar-refractivity contribution is 5.59. The van der Waals surface area contributed by atoms with E-state index in [1.807, 2.05) is 60.7 Å². The van der Waals surface area contributed by atoms with E-state index in [2.05, 4.69) is 15.5 Å². The number of nitrogens with one attached hydrogen (secondary N) is 1. The molecule has 1 aliphatic heterocycles. The van der Waals surface area contributed by atoms with Crippen LogP contribution in [0, 0.1) is 0 Å². The Bertz CT molecular complexity index is 804. The number of hydrogen-bond acceptors (Lipinski definition) is 5. The van der Waals surface area contributed by atoms with Crippen LogP contribution in [0.3, 0.4) is 0 Å². The first-order valence-electron chi connectivity index (χ1n) is 7.40. The van der Waals surface area contributed by atoms with Crippen LogP contribution < -0.4 is 14.8 Å². The zero-order chi connectivity index (χ0) is 15.5. The largest absolute Gasteiger partial charge is 0.454 e. The van der Waals surface area contributed by atoms with Gasteiger partial charge in [-0.25, -0.2) is 0 Å². The number of fused-ring (bicyclic) bond motifs is 1. The summed E-state index contributed by atoms with van der Waals surface area (Å²) >= 11 is 0. The van der Waals surface area contributed by atoms with Crippen LogP contribution in [0.2, 0.25) is 0 Å². The van der Waals surface area contributed by atoms with E-state index in [1.54, 1.807) is 0 Å². The monoisotopic (exact) mass is 305 g/mol. The lowest BCUT2D eigenvalue weighted by Crippen LogP contribution is -2.02. The highest BCUT2D eigenvalue weighted by Crippen LogP contribution is 2.32. The molecule has 114 valence electrons. The molecule has 1 N–H and O–H groups in total. The van der Waals surface area contributed by atoms with Crippen LogP contribution in [-0.2, 0) is 6.54 Å². The van der Waals surface area contributed by atoms with Crippen molar-refractivity contribution in [3.63, 3.8) is 0 Å². The maximum Gasteiger partial charge on any atom is 0.231 e. The summed E-state index contributed by atoms with van der Waals surface area (Å²) < 4.78 is 10.7. The van der Waals surface area contributed by atoms with Gasteiger partial charge in [-0.15, -0.1) is 10.2 Å². The van der Waals surface area contributed by atoms with Crippen LogP contribution in [0.1, 0.15) is 5.56 Å². The summed E-state index contributed by atoms with van der Waals surface area (Å²) in [7, 11) is 0. The number of benzene rings is 2. The standard InChI is InChI=1S/C18H15N3O2/c1-2-4-14(5-3-1)15-7-9-18(21-20-15)19-11-13-6-8-16-17(10-13)23-12-22-16/h1-10H,11-12H2,(H,19,21). The van der Waals surface area contributed by atoms with E-state index >= 15 is 0 Å². The molecule has 0 spiro atoms. The number of rotatable bonds is 4. The molecule has 2 heterocycles. The molecule has 0 unspecified atom stereocenters. The van der Waals surface area contributed by atoms with Crippen LogP contribution in [0.25, 0.3) is 11.3 Å². The first-order chi connectivity index (χ1) is 11.4. The normalized spacial score (nSPS) is 12.2. The van der Waals surface area contributed by atoms with Gasteiger partial charge in [-0.3, -0.25) is 0 Å². The van der Waals surface area contributed by atoms with Gasteiger partial charge < -0.3 is 14.8 Å². The summed E-state index contributed by atoms with van der Waals surface area (Å²) in [5, 5.41) is 11.7. The zero-order valence-electron chi connectivity index (χ0n) is 12.4. The third-order valence-electron chi connectivity index (χ3n) is 3.64. The van der Waals surface area contributed by atoms with Crippen molar-refractivity contribution in [1.82, 2.24) is 10.2 Å². The molecule has 3 aromatic rings. The van der Waals surface area contributed by atoms with Crippen molar-refractivity contribution < 1.29 is 9.47 Å². The summed E-state index contributed by atoms with van der Waals surface area (Å²) in [5.41, 5.74) is 3.02. The molecule has 0 saturated heterocycles. The molecule has 0 saturated carbocycles. The van der Waals surface area contributed by atoms with Crippen molar-refractivity contribution >= 4 is 5.82 Å². The van der Waals surface area contributed by atoms with E-state index < -0.39 is 0 Å². The first-order valence-corrected chi connectivity index (χ1v) is 7.40. The Kier molecular flexibility index (Phi) is 3.52. The van der Waals surface area contributed by atoms with Crippen molar-refractivity contribution in [3.8, 4) is 22.8 Å². The number of aromatic nitrogens is 2. The quantitative estimate of drug-likeness (QED) is 0.799. The molecule has 1 aromatic heterocycles. The van der Waals surface area contributed by atoms with E-state index in [-0.39, 0.29) is 0 Å². The third-order valence-corrected chi connectivity index (χ3v) is 3.64. The maximum absolute atomic E-state index is 5.38. The van der Waals surface area contributed by atoms with Gasteiger partial charge in [0.05, 0.1) is 5.69 Å². The summed E-state index contributed by atoms with van der Waals surface area (Å²) in [5.74, 6) is 2.32. The summed E-state index contributed by atoms with van der Waals surface area (Å²) in [4.78, 5) is 0. The van der Waals surface area contributed by atoms with Gasteiger partial charge in [0.1, 0.15) is 5.82 Å². The van der Waals surface area contributed by atoms with Crippen molar-refractivity contribution in [1.29, 1.82) is 0 Å². The molecular weight excluding hydrogens is 290 g/mol. The Hall–Kier alpha value is -3.08. The second-order valence-electron chi connectivity index (χ2n) is 5.21. The smallest absolute Gasteiger partial charge is 0.231 e. The average molecular weight is 305 g/mol. The van der Waals surface area contributed by atoms with Gasteiger partial charge in [0, 0.05) is 12.1 Å². The highest BCUT2D eigenvalue weighted by atomic mass is 16.7. The molecule has 0 aliphatic carbocycles. The van der Waals surface area contributed by atoms with Crippen molar-refractivity contribution in [2.45, 2.75) is 6.54 Å². The fourth-order valence-electron chi connectivity index (χ4n) is 2.43. The lowest BCUT2D eigenvalue weighted by atomic mass is 10.1. The van der Waals surface area contributed by atoms with E-state index in [9.17, 15) is 0 Å². The molecule has 5 nitrogen and oxygen atoms in total. The third kappa shape index (κ3) is 2.94. The Morgan fingerprint density at radius 1 is 0.870 bits per heavy atom. The SMILES string of the molecule is c1ccc(-c2ccc(NCc3ccc4c(c3)OCO4)nn2)cc1. The van der Waals surface area contributed by atoms with Gasteiger partial charge in [0.2, 0.25) is 6.79 Å². The minimum atomic E-state index is 0.290. The van der Waals surface area contributed by atoms with Crippen LogP contribution in [-0.4, -0.2) is 17.0 Å². The predicted molar refractivity (Wildman–Crippen MR) is 87.4 cm³/mol. The van der Waals surface area contributed by atoms with Gasteiger partial charge in [-0.2, -0.15) is 0 Å². The predicted octanol–water partition coefficient (Wildman–Crippen LogP) is 3.48. The highest BCUT2D eigenvalue weighted by Gasteiger charge is 2.13. The molecule has 0 amide bonds. The Morgan fingerprint density at radius 3 is 2.57 bits per heavy atom. The molecule has 0 fully saturated rings. The van der Waals surface area contributed by atoms with E-state index in [1.165, 1.54) is 0 Å². The topological polar surface area (TPSA) is 56.3 Å². The Labute approximate surface area is 133 Å². The van der Waals surface area contributed by atoms with Gasteiger partial charge in [-0.1, -0.05) is 36.4 Å². The molecule has 0 atom stereocenters. The van der Waals surface area contributed by atoms with Gasteiger partial charge in [-0.05, 0) is 29.8 Å². The van der Waals surface area contributed by atoms with E-state index in [4.69, 9.17) is 9.47 Å². The van der Waals surface area contributed by atoms with E-state index in [0.717, 1.165) is 34.1 Å². The summed E-state index contributed by atoms with van der Waals surface area (Å²) in [6.07, 6.45) is 0. The molecule has 5 heteroatoms. The first kappa shape index (κ1) is 13.6. The lowest BCUT2D eigenvalue weighted by molar-refractivity contribution is 0.174. The van der Waals surface area contributed by atoms with Crippen LogP contribution in [0.15, 0.2) is 60.7 Å². The molecule has 23 heavy (non-hydrogen) atoms. The minimum Gasteiger partial charge on any atom is -0.454 e. The van der Waals surface area contributed by atoms with Crippen molar-refractivity contribution in [3.05, 3.63) is 66.2 Å². The fraction of sp³-hybridized carbons (Fsp3) is 0.111. The van der Waals surface area contributed by atoms with Crippen LogP contribution >= 0.6 is 0 Å². The average Bonchev–Trinajstić information content (AvgIpc) is 3.09. The summed E-state index contributed by atoms with van der Waals surface area (Å²) in [6.45, 7) is 0.939. The fourth-order valence-corrected chi connectivity index (χ4v) is 2.43. The minimum absolute atomic E-state index is 0.290. The summed E-state index contributed by atoms with van der Waals surface area (Å²) in [6, 6.07) is 19.8. The van der Waals surface area contributed by atoms with Gasteiger partial charge >= 0.3 is 0 Å². The molecule has 0 radical (unpaired) electrons. The van der Waals surface area contributed by atoms with Crippen LogP contribution in [0.5, 0.6) is 11.5 Å². The maximum atomic E-state index is 5.38. The van der Waals surface area contributed by atoms with Gasteiger partial charge in [0.25, 0.3) is 0 Å². The molecule has 4 rings (SSSR count). The van der Waals surface area contributed by atoms with Crippen molar-refractivity contribution in [2.75, 3.05) is 12.1 Å². The number of hydrogen-bond donors (Lipinski definition) is 1. The Balaban J connectivity index is 1.43. The molecule has 2 aromatic carbocycles. The molecular formula is C18H15N3O2. The zero-order valence-corrected chi connectivity index (χ0v) is 12.4. The molecule has 1 aliphatic rings.